The van der Waals surface area contributed by atoms with Crippen LogP contribution in [0.1, 0.15) is 79.6 Å². The zero-order chi connectivity index (χ0) is 24.0. The van der Waals surface area contributed by atoms with Crippen molar-refractivity contribution in [1.82, 2.24) is 19.1 Å². The van der Waals surface area contributed by atoms with Crippen molar-refractivity contribution in [3.05, 3.63) is 29.8 Å². The minimum atomic E-state index is -0.525. The van der Waals surface area contributed by atoms with Crippen LogP contribution in [0.15, 0.2) is 29.3 Å². The van der Waals surface area contributed by atoms with Gasteiger partial charge in [0.05, 0.1) is 18.3 Å². The second-order valence-corrected chi connectivity index (χ2v) is 11.7. The van der Waals surface area contributed by atoms with Crippen molar-refractivity contribution in [1.29, 1.82) is 0 Å². The highest BCUT2D eigenvalue weighted by Crippen LogP contribution is 2.62. The van der Waals surface area contributed by atoms with Gasteiger partial charge in [0.25, 0.3) is 0 Å². The molecule has 2 heterocycles. The Balaban J connectivity index is 1.52. The molecule has 2 saturated carbocycles. The van der Waals surface area contributed by atoms with Gasteiger partial charge in [0.1, 0.15) is 5.52 Å². The van der Waals surface area contributed by atoms with Gasteiger partial charge < -0.3 is 14.2 Å². The van der Waals surface area contributed by atoms with E-state index < -0.39 is 5.60 Å². The van der Waals surface area contributed by atoms with E-state index in [0.29, 0.717) is 11.8 Å². The van der Waals surface area contributed by atoms with Gasteiger partial charge in [-0.1, -0.05) is 45.8 Å². The standard InChI is InChI=1S/C27H43N5O/c1-19(12-16-32-18-30-24-22(32)23(28-6)29-17-31(24)7)10-14-26(5)20(2)11-15-27(33)21(26)9-8-13-25(27,3)4/h12,17-18,20-21,33H,8-11,13-16H2,1-7H3/b19-12+,28-23?. The quantitative estimate of drug-likeness (QED) is 0.646. The van der Waals surface area contributed by atoms with Gasteiger partial charge in [-0.05, 0) is 68.1 Å². The molecule has 0 saturated heterocycles. The fourth-order valence-corrected chi connectivity index (χ4v) is 6.83. The lowest BCUT2D eigenvalue weighted by molar-refractivity contribution is -0.212. The average molecular weight is 454 g/mol. The van der Waals surface area contributed by atoms with Crippen LogP contribution in [-0.4, -0.2) is 36.9 Å². The molecule has 0 bridgehead atoms. The zero-order valence-corrected chi connectivity index (χ0v) is 21.7. The maximum Gasteiger partial charge on any atom is 0.176 e. The molecule has 4 rings (SSSR count). The summed E-state index contributed by atoms with van der Waals surface area (Å²) in [6.45, 7) is 12.5. The molecule has 0 aromatic carbocycles. The third kappa shape index (κ3) is 3.98. The summed E-state index contributed by atoms with van der Waals surface area (Å²) in [5.74, 6) is 1.03. The third-order valence-electron chi connectivity index (χ3n) is 9.55. The Kier molecular flexibility index (Phi) is 6.36. The Morgan fingerprint density at radius 2 is 1.97 bits per heavy atom. The Labute approximate surface area is 198 Å². The molecule has 0 aliphatic heterocycles. The maximum absolute atomic E-state index is 11.9. The van der Waals surface area contributed by atoms with Gasteiger partial charge in [-0.25, -0.2) is 9.97 Å². The molecule has 1 N–H and O–H groups in total. The molecule has 0 spiro atoms. The topological polar surface area (TPSA) is 68.2 Å². The second kappa shape index (κ2) is 8.68. The highest BCUT2D eigenvalue weighted by Gasteiger charge is 2.60. The summed E-state index contributed by atoms with van der Waals surface area (Å²) >= 11 is 0. The lowest BCUT2D eigenvalue weighted by Crippen LogP contribution is -2.62. The normalized spacial score (nSPS) is 32.8. The lowest BCUT2D eigenvalue weighted by Gasteiger charge is -2.62. The van der Waals surface area contributed by atoms with E-state index in [-0.39, 0.29) is 10.8 Å². The number of aliphatic hydroxyl groups is 1. The number of rotatable bonds is 5. The molecule has 2 aromatic heterocycles. The summed E-state index contributed by atoms with van der Waals surface area (Å²) in [5, 5.41) is 11.9. The Morgan fingerprint density at radius 1 is 1.21 bits per heavy atom. The number of imidazole rings is 1. The number of aromatic nitrogens is 4. The molecule has 2 fully saturated rings. The molecule has 4 atom stereocenters. The van der Waals surface area contributed by atoms with Gasteiger partial charge in [-0.3, -0.25) is 4.99 Å². The summed E-state index contributed by atoms with van der Waals surface area (Å²) in [5.41, 5.74) is 3.67. The van der Waals surface area contributed by atoms with Crippen LogP contribution in [0.2, 0.25) is 0 Å². The Morgan fingerprint density at radius 3 is 2.70 bits per heavy atom. The van der Waals surface area contributed by atoms with Crippen LogP contribution in [-0.2, 0) is 13.6 Å². The molecular weight excluding hydrogens is 410 g/mol. The average Bonchev–Trinajstić information content (AvgIpc) is 3.21. The van der Waals surface area contributed by atoms with Crippen molar-refractivity contribution in [2.24, 2.45) is 34.7 Å². The van der Waals surface area contributed by atoms with Crippen molar-refractivity contribution in [2.45, 2.75) is 91.7 Å². The molecule has 182 valence electrons. The second-order valence-electron chi connectivity index (χ2n) is 11.7. The van der Waals surface area contributed by atoms with Gasteiger partial charge in [0.15, 0.2) is 11.1 Å². The molecule has 0 radical (unpaired) electrons. The van der Waals surface area contributed by atoms with Crippen LogP contribution in [0, 0.1) is 22.7 Å². The smallest absolute Gasteiger partial charge is 0.176 e. The third-order valence-corrected chi connectivity index (χ3v) is 9.55. The largest absolute Gasteiger partial charge is 0.389 e. The number of allylic oxidation sites excluding steroid dienone is 2. The Hall–Kier alpha value is -1.95. The molecule has 33 heavy (non-hydrogen) atoms. The molecule has 4 unspecified atom stereocenters. The van der Waals surface area contributed by atoms with Crippen LogP contribution in [0.4, 0.5) is 0 Å². The minimum Gasteiger partial charge on any atom is -0.389 e. The molecule has 6 nitrogen and oxygen atoms in total. The SMILES string of the molecule is CN=c1ncn(C)c2ncn(C/C=C(\C)CCC3(C)C(C)CCC4(O)C3CCCC4(C)C)c12. The van der Waals surface area contributed by atoms with E-state index in [1.54, 1.807) is 13.4 Å². The van der Waals surface area contributed by atoms with Crippen molar-refractivity contribution in [3.63, 3.8) is 0 Å². The minimum absolute atomic E-state index is 0.0108. The van der Waals surface area contributed by atoms with Crippen LogP contribution >= 0.6 is 0 Å². The van der Waals surface area contributed by atoms with Crippen molar-refractivity contribution in [3.8, 4) is 0 Å². The molecular formula is C27H43N5O. The first-order valence-corrected chi connectivity index (χ1v) is 12.7. The summed E-state index contributed by atoms with van der Waals surface area (Å²) in [6.07, 6.45) is 13.8. The summed E-state index contributed by atoms with van der Waals surface area (Å²) in [6, 6.07) is 0. The van der Waals surface area contributed by atoms with Crippen molar-refractivity contribution in [2.75, 3.05) is 7.05 Å². The van der Waals surface area contributed by atoms with Gasteiger partial charge >= 0.3 is 0 Å². The first-order chi connectivity index (χ1) is 15.5. The van der Waals surface area contributed by atoms with Crippen LogP contribution < -0.4 is 5.49 Å². The van der Waals surface area contributed by atoms with E-state index in [2.05, 4.69) is 60.2 Å². The van der Waals surface area contributed by atoms with E-state index in [4.69, 9.17) is 0 Å². The summed E-state index contributed by atoms with van der Waals surface area (Å²) < 4.78 is 4.08. The predicted octanol–water partition coefficient (Wildman–Crippen LogP) is 5.02. The lowest BCUT2D eigenvalue weighted by atomic mass is 9.45. The summed E-state index contributed by atoms with van der Waals surface area (Å²) in [4.78, 5) is 13.4. The van der Waals surface area contributed by atoms with Crippen molar-refractivity contribution >= 4 is 11.2 Å². The first-order valence-electron chi connectivity index (χ1n) is 12.7. The number of hydrogen-bond donors (Lipinski definition) is 1. The van der Waals surface area contributed by atoms with Crippen LogP contribution in [0.25, 0.3) is 11.2 Å². The fourth-order valence-electron chi connectivity index (χ4n) is 6.83. The highest BCUT2D eigenvalue weighted by molar-refractivity contribution is 5.69. The van der Waals surface area contributed by atoms with Crippen LogP contribution in [0.5, 0.6) is 0 Å². The zero-order valence-electron chi connectivity index (χ0n) is 21.7. The van der Waals surface area contributed by atoms with Crippen LogP contribution in [0.3, 0.4) is 0 Å². The number of aryl methyl sites for hydroxylation is 1. The van der Waals surface area contributed by atoms with Crippen molar-refractivity contribution < 1.29 is 5.11 Å². The molecule has 2 aliphatic rings. The molecule has 2 aliphatic carbocycles. The van der Waals surface area contributed by atoms with E-state index in [1.165, 1.54) is 12.0 Å². The van der Waals surface area contributed by atoms with E-state index in [0.717, 1.165) is 61.7 Å². The fraction of sp³-hybridized carbons (Fsp3) is 0.741. The van der Waals surface area contributed by atoms with Gasteiger partial charge in [-0.2, -0.15) is 0 Å². The van der Waals surface area contributed by atoms with Gasteiger partial charge in [0.2, 0.25) is 0 Å². The predicted molar refractivity (Wildman–Crippen MR) is 134 cm³/mol. The molecule has 6 heteroatoms. The van der Waals surface area contributed by atoms with Gasteiger partial charge in [0, 0.05) is 20.6 Å². The number of fused-ring (bicyclic) bond motifs is 2. The molecule has 2 aromatic rings. The van der Waals surface area contributed by atoms with E-state index in [1.807, 2.05) is 17.9 Å². The Bertz CT molecular complexity index is 1110. The highest BCUT2D eigenvalue weighted by atomic mass is 16.3. The van der Waals surface area contributed by atoms with E-state index in [9.17, 15) is 5.11 Å². The number of hydrogen-bond acceptors (Lipinski definition) is 4. The maximum atomic E-state index is 11.9. The monoisotopic (exact) mass is 453 g/mol. The molecule has 0 amide bonds. The van der Waals surface area contributed by atoms with Gasteiger partial charge in [-0.15, -0.1) is 0 Å². The first kappa shape index (κ1) is 24.2. The number of nitrogens with zero attached hydrogens (tertiary/aromatic N) is 5. The van der Waals surface area contributed by atoms with E-state index >= 15 is 0 Å². The summed E-state index contributed by atoms with van der Waals surface area (Å²) in [7, 11) is 3.74.